The number of hydrogen-bond acceptors (Lipinski definition) is 8. The van der Waals surface area contributed by atoms with Crippen LogP contribution in [0.1, 0.15) is 73.6 Å². The lowest BCUT2D eigenvalue weighted by molar-refractivity contribution is -0.144. The van der Waals surface area contributed by atoms with Crippen molar-refractivity contribution in [1.29, 1.82) is 0 Å². The number of terminal acetylenes is 1. The number of fused-ring (bicyclic) bond motifs is 1. The van der Waals surface area contributed by atoms with E-state index in [1.807, 2.05) is 20.8 Å². The Morgan fingerprint density at radius 2 is 1.78 bits per heavy atom. The van der Waals surface area contributed by atoms with Crippen LogP contribution in [0.25, 0.3) is 0 Å². The lowest BCUT2D eigenvalue weighted by Gasteiger charge is -2.38. The number of amides is 5. The van der Waals surface area contributed by atoms with Gasteiger partial charge in [0.25, 0.3) is 15.9 Å². The first kappa shape index (κ1) is 41.7. The quantitative estimate of drug-likeness (QED) is 0.121. The van der Waals surface area contributed by atoms with E-state index in [1.54, 1.807) is 32.2 Å². The van der Waals surface area contributed by atoms with E-state index in [4.69, 9.17) is 6.42 Å². The summed E-state index contributed by atoms with van der Waals surface area (Å²) >= 11 is 1.11. The van der Waals surface area contributed by atoms with Gasteiger partial charge in [0, 0.05) is 39.1 Å². The zero-order chi connectivity index (χ0) is 38.3. The van der Waals surface area contributed by atoms with Gasteiger partial charge in [-0.15, -0.1) is 30.3 Å². The molecule has 6 atom stereocenters. The van der Waals surface area contributed by atoms with E-state index in [2.05, 4.69) is 33.8 Å². The molecule has 2 fully saturated rings. The van der Waals surface area contributed by atoms with Crippen molar-refractivity contribution in [3.05, 3.63) is 30.2 Å². The van der Waals surface area contributed by atoms with Crippen molar-refractivity contribution in [3.63, 3.8) is 0 Å². The summed E-state index contributed by atoms with van der Waals surface area (Å²) in [6.45, 7) is 15.0. The Bertz CT molecular complexity index is 1590. The van der Waals surface area contributed by atoms with Crippen LogP contribution in [0.4, 0.5) is 4.79 Å². The maximum Gasteiger partial charge on any atom is 0.315 e. The first-order valence-electron chi connectivity index (χ1n) is 17.3. The summed E-state index contributed by atoms with van der Waals surface area (Å²) in [6.07, 6.45) is 9.47. The van der Waals surface area contributed by atoms with Crippen LogP contribution in [-0.2, 0) is 29.2 Å². The highest BCUT2D eigenvalue weighted by atomic mass is 32.2. The second-order valence-corrected chi connectivity index (χ2v) is 18.7. The van der Waals surface area contributed by atoms with E-state index in [-0.39, 0.29) is 42.0 Å². The molecule has 13 nitrogen and oxygen atoms in total. The van der Waals surface area contributed by atoms with Crippen LogP contribution >= 0.6 is 11.3 Å². The van der Waals surface area contributed by atoms with Crippen LogP contribution in [-0.4, -0.2) is 98.0 Å². The third-order valence-corrected chi connectivity index (χ3v) is 12.8. The lowest BCUT2D eigenvalue weighted by Crippen LogP contribution is -2.62. The highest BCUT2D eigenvalue weighted by molar-refractivity contribution is 7.91. The number of rotatable bonds is 15. The maximum absolute atomic E-state index is 14.5. The zero-order valence-electron chi connectivity index (χ0n) is 30.8. The Balaban J connectivity index is 1.84. The summed E-state index contributed by atoms with van der Waals surface area (Å²) in [6, 6.07) is -1.29. The Morgan fingerprint density at radius 3 is 2.35 bits per heavy atom. The minimum absolute atomic E-state index is 0.0197. The Morgan fingerprint density at radius 1 is 1.10 bits per heavy atom. The summed E-state index contributed by atoms with van der Waals surface area (Å²) in [5.41, 5.74) is -1.36. The smallest absolute Gasteiger partial charge is 0.315 e. The van der Waals surface area contributed by atoms with Crippen molar-refractivity contribution in [1.82, 2.24) is 30.5 Å². The molecule has 4 N–H and O–H groups in total. The largest absolute Gasteiger partial charge is 0.346 e. The number of sulfonamides is 1. The van der Waals surface area contributed by atoms with Crippen molar-refractivity contribution >= 4 is 50.9 Å². The number of hydrogen-bond donors (Lipinski definition) is 4. The van der Waals surface area contributed by atoms with Gasteiger partial charge < -0.3 is 26.2 Å². The summed E-state index contributed by atoms with van der Waals surface area (Å²) in [7, 11) is -2.32. The normalized spacial score (nSPS) is 20.8. The van der Waals surface area contributed by atoms with E-state index in [0.29, 0.717) is 13.0 Å². The van der Waals surface area contributed by atoms with E-state index in [1.165, 1.54) is 28.4 Å². The Hall–Kier alpha value is -3.74. The number of nitrogens with zero attached hydrogens (tertiary/aromatic N) is 2. The van der Waals surface area contributed by atoms with E-state index in [9.17, 15) is 32.4 Å². The van der Waals surface area contributed by atoms with Gasteiger partial charge in [0.05, 0.1) is 6.04 Å². The number of thiophene rings is 1. The fraction of sp³-hybridized carbons (Fsp3) is 0.639. The average molecular weight is 747 g/mol. The van der Waals surface area contributed by atoms with Crippen LogP contribution in [0.2, 0.25) is 0 Å². The van der Waals surface area contributed by atoms with E-state index >= 15 is 0 Å². The van der Waals surface area contributed by atoms with Crippen molar-refractivity contribution in [2.45, 2.75) is 102 Å². The third kappa shape index (κ3) is 10.4. The van der Waals surface area contributed by atoms with Crippen molar-refractivity contribution in [3.8, 4) is 12.3 Å². The highest BCUT2D eigenvalue weighted by Crippen LogP contribution is 2.43. The van der Waals surface area contributed by atoms with Crippen LogP contribution in [0.15, 0.2) is 34.4 Å². The number of likely N-dealkylation sites (tertiary alicyclic amines) is 1. The highest BCUT2D eigenvalue weighted by Gasteiger charge is 2.52. The molecular weight excluding hydrogens is 693 g/mol. The molecule has 2 heterocycles. The van der Waals surface area contributed by atoms with Gasteiger partial charge in [0.1, 0.15) is 16.3 Å². The molecule has 1 unspecified atom stereocenters. The SMILES string of the molecule is C#CCCC(NC(=O)[C@@H]1[C@H]2CCC[C@H]2CN1C(=O)[C@@H](NC(=O)N[C@H](CN(C)S(=O)(=O)c1cccs1)C(C)(C)C)C(C)(C)C)C(=O)C(=O)NCC=C. The monoisotopic (exact) mass is 746 g/mol. The number of urea groups is 1. The molecule has 282 valence electrons. The van der Waals surface area contributed by atoms with Gasteiger partial charge in [0.2, 0.25) is 17.6 Å². The second-order valence-electron chi connectivity index (χ2n) is 15.5. The van der Waals surface area contributed by atoms with Crippen molar-refractivity contribution in [2.75, 3.05) is 26.7 Å². The van der Waals surface area contributed by atoms with Gasteiger partial charge in [-0.1, -0.05) is 60.1 Å². The molecule has 0 bridgehead atoms. The lowest BCUT2D eigenvalue weighted by atomic mass is 9.85. The number of ketones is 1. The van der Waals surface area contributed by atoms with Crippen LogP contribution < -0.4 is 21.3 Å². The minimum Gasteiger partial charge on any atom is -0.346 e. The van der Waals surface area contributed by atoms with Gasteiger partial charge in [0.15, 0.2) is 0 Å². The fourth-order valence-electron chi connectivity index (χ4n) is 6.63. The standard InChI is InChI=1S/C36H54N6O7S2/c1-10-12-17-25(29(43)32(45)37-19-11-2)38-31(44)28-24-16-13-15-23(24)21-42(28)33(46)30(36(6,7)8)40-34(47)39-26(35(3,4)5)22-41(9)51(48,49)27-18-14-20-50-27/h1,11,14,18,20,23-26,28,30H,2,12-13,15-17,19,21-22H2,3-9H3,(H,37,45)(H,38,44)(H2,39,40,47)/t23-,24-,25?,26+,28-,30+/m0/s1. The second kappa shape index (κ2) is 17.2. The number of carbonyl (C=O) groups excluding carboxylic acids is 5. The number of nitrogens with one attached hydrogen (secondary N) is 4. The van der Waals surface area contributed by atoms with Crippen LogP contribution in [0.5, 0.6) is 0 Å². The Labute approximate surface area is 306 Å². The maximum atomic E-state index is 14.5. The Kier molecular flexibility index (Phi) is 14.0. The summed E-state index contributed by atoms with van der Waals surface area (Å²) < 4.78 is 27.7. The first-order chi connectivity index (χ1) is 23.7. The summed E-state index contributed by atoms with van der Waals surface area (Å²) in [5.74, 6) is -0.376. The predicted octanol–water partition coefficient (Wildman–Crippen LogP) is 2.89. The summed E-state index contributed by atoms with van der Waals surface area (Å²) in [5, 5.41) is 12.6. The minimum atomic E-state index is -3.78. The molecule has 1 saturated carbocycles. The molecule has 5 amide bonds. The molecule has 0 aromatic carbocycles. The van der Waals surface area contributed by atoms with Gasteiger partial charge >= 0.3 is 6.03 Å². The fourth-order valence-corrected chi connectivity index (χ4v) is 9.02. The van der Waals surface area contributed by atoms with Gasteiger partial charge in [-0.3, -0.25) is 19.2 Å². The molecule has 0 spiro atoms. The number of Topliss-reactive ketones (excluding diaryl/α,β-unsaturated/α-hetero) is 1. The van der Waals surface area contributed by atoms with Gasteiger partial charge in [-0.2, -0.15) is 4.31 Å². The molecule has 0 radical (unpaired) electrons. The topological polar surface area (TPSA) is 174 Å². The van der Waals surface area contributed by atoms with E-state index in [0.717, 1.165) is 24.2 Å². The molecule has 1 saturated heterocycles. The van der Waals surface area contributed by atoms with Gasteiger partial charge in [-0.25, -0.2) is 13.2 Å². The third-order valence-electron chi connectivity index (χ3n) is 9.62. The molecule has 15 heteroatoms. The summed E-state index contributed by atoms with van der Waals surface area (Å²) in [4.78, 5) is 69.2. The van der Waals surface area contributed by atoms with Crippen molar-refractivity contribution < 1.29 is 32.4 Å². The molecule has 1 aromatic rings. The first-order valence-corrected chi connectivity index (χ1v) is 19.6. The van der Waals surface area contributed by atoms with Gasteiger partial charge in [-0.05, 0) is 53.4 Å². The molecular formula is C36H54N6O7S2. The average Bonchev–Trinajstić information content (AvgIpc) is 3.81. The molecule has 1 aliphatic heterocycles. The predicted molar refractivity (Wildman–Crippen MR) is 197 cm³/mol. The van der Waals surface area contributed by atoms with Crippen LogP contribution in [0.3, 0.4) is 0 Å². The molecule has 1 aromatic heterocycles. The van der Waals surface area contributed by atoms with Crippen LogP contribution in [0, 0.1) is 35.0 Å². The molecule has 2 aliphatic rings. The molecule has 1 aliphatic carbocycles. The number of likely N-dealkylation sites (N-methyl/N-ethyl adjacent to an activating group) is 1. The molecule has 51 heavy (non-hydrogen) atoms. The zero-order valence-corrected chi connectivity index (χ0v) is 32.4. The number of carbonyl (C=O) groups is 5. The van der Waals surface area contributed by atoms with E-state index < -0.39 is 74.6 Å². The van der Waals surface area contributed by atoms with Crippen molar-refractivity contribution in [2.24, 2.45) is 22.7 Å². The molecule has 3 rings (SSSR count).